The number of pyridine rings is 1. The van der Waals surface area contributed by atoms with Gasteiger partial charge in [-0.1, -0.05) is 6.07 Å². The number of ether oxygens (including phenoxy) is 1. The lowest BCUT2D eigenvalue weighted by Crippen LogP contribution is -2.23. The summed E-state index contributed by atoms with van der Waals surface area (Å²) in [7, 11) is 0. The van der Waals surface area contributed by atoms with E-state index in [9.17, 15) is 9.90 Å². The van der Waals surface area contributed by atoms with Crippen molar-refractivity contribution in [1.29, 1.82) is 0 Å². The Labute approximate surface area is 111 Å². The summed E-state index contributed by atoms with van der Waals surface area (Å²) in [6.45, 7) is 4.97. The van der Waals surface area contributed by atoms with E-state index in [4.69, 9.17) is 4.74 Å². The van der Waals surface area contributed by atoms with E-state index in [-0.39, 0.29) is 11.7 Å². The molecule has 19 heavy (non-hydrogen) atoms. The van der Waals surface area contributed by atoms with Gasteiger partial charge in [0.25, 0.3) is 0 Å². The molecule has 0 aromatic carbocycles. The number of rotatable bonds is 6. The Morgan fingerprint density at radius 2 is 2.37 bits per heavy atom. The number of anilines is 1. The van der Waals surface area contributed by atoms with Crippen LogP contribution in [0.3, 0.4) is 0 Å². The Morgan fingerprint density at radius 3 is 3.05 bits per heavy atom. The van der Waals surface area contributed by atoms with Crippen LogP contribution in [-0.2, 0) is 4.74 Å². The molecule has 0 aliphatic heterocycles. The number of fused-ring (bicyclic) bond motifs is 1. The minimum Gasteiger partial charge on any atom is -0.476 e. The number of hydrogen-bond donors (Lipinski definition) is 2. The molecule has 6 nitrogen and oxygen atoms in total. The molecule has 0 fully saturated rings. The average molecular weight is 263 g/mol. The molecule has 1 atom stereocenters. The number of imidazole rings is 1. The predicted molar refractivity (Wildman–Crippen MR) is 71.7 cm³/mol. The zero-order valence-corrected chi connectivity index (χ0v) is 11.0. The van der Waals surface area contributed by atoms with Gasteiger partial charge in [0, 0.05) is 18.8 Å². The summed E-state index contributed by atoms with van der Waals surface area (Å²) in [6, 6.07) is 5.35. The molecular weight excluding hydrogens is 246 g/mol. The third-order valence-corrected chi connectivity index (χ3v) is 2.69. The lowest BCUT2D eigenvalue weighted by Gasteiger charge is -2.13. The van der Waals surface area contributed by atoms with Crippen molar-refractivity contribution >= 4 is 17.4 Å². The molecule has 2 aromatic rings. The standard InChI is InChI=1S/C13H17N3O3/c1-3-19-8-9(2)14-12-11(13(17)18)16-7-5-4-6-10(16)15-12/h4-7,9,14H,3,8H2,1-2H3,(H,17,18). The molecule has 1 unspecified atom stereocenters. The third-order valence-electron chi connectivity index (χ3n) is 2.69. The first-order valence-electron chi connectivity index (χ1n) is 6.18. The quantitative estimate of drug-likeness (QED) is 0.832. The number of nitrogens with zero attached hydrogens (tertiary/aromatic N) is 2. The SMILES string of the molecule is CCOCC(C)Nc1nc2ccccn2c1C(=O)O. The Bertz CT molecular complexity index is 580. The van der Waals surface area contributed by atoms with Crippen molar-refractivity contribution in [2.24, 2.45) is 0 Å². The van der Waals surface area contributed by atoms with Gasteiger partial charge in [0.2, 0.25) is 0 Å². The number of aromatic nitrogens is 2. The smallest absolute Gasteiger partial charge is 0.356 e. The van der Waals surface area contributed by atoms with Gasteiger partial charge in [0.1, 0.15) is 5.65 Å². The molecule has 0 saturated carbocycles. The summed E-state index contributed by atoms with van der Waals surface area (Å²) in [5.41, 5.74) is 0.741. The molecule has 0 amide bonds. The Balaban J connectivity index is 2.31. The van der Waals surface area contributed by atoms with Crippen molar-refractivity contribution in [1.82, 2.24) is 9.38 Å². The van der Waals surface area contributed by atoms with E-state index >= 15 is 0 Å². The Morgan fingerprint density at radius 1 is 1.58 bits per heavy atom. The van der Waals surface area contributed by atoms with E-state index in [0.717, 1.165) is 0 Å². The van der Waals surface area contributed by atoms with Crippen molar-refractivity contribution in [3.63, 3.8) is 0 Å². The van der Waals surface area contributed by atoms with Crippen molar-refractivity contribution < 1.29 is 14.6 Å². The molecule has 2 rings (SSSR count). The lowest BCUT2D eigenvalue weighted by molar-refractivity contribution is 0.0690. The van der Waals surface area contributed by atoms with Crippen LogP contribution < -0.4 is 5.32 Å². The monoisotopic (exact) mass is 263 g/mol. The molecule has 0 aliphatic carbocycles. The number of hydrogen-bond acceptors (Lipinski definition) is 4. The van der Waals surface area contributed by atoms with E-state index in [2.05, 4.69) is 10.3 Å². The van der Waals surface area contributed by atoms with Gasteiger partial charge in [-0.15, -0.1) is 0 Å². The van der Waals surface area contributed by atoms with Gasteiger partial charge in [-0.3, -0.25) is 4.40 Å². The Hall–Kier alpha value is -2.08. The topological polar surface area (TPSA) is 75.9 Å². The van der Waals surface area contributed by atoms with Gasteiger partial charge in [-0.2, -0.15) is 0 Å². The molecule has 2 aromatic heterocycles. The molecule has 2 heterocycles. The largest absolute Gasteiger partial charge is 0.476 e. The van der Waals surface area contributed by atoms with Crippen molar-refractivity contribution in [2.45, 2.75) is 19.9 Å². The third kappa shape index (κ3) is 2.85. The second kappa shape index (κ2) is 5.71. The summed E-state index contributed by atoms with van der Waals surface area (Å²) in [5, 5.41) is 12.4. The van der Waals surface area contributed by atoms with Crippen LogP contribution in [0.1, 0.15) is 24.3 Å². The van der Waals surface area contributed by atoms with E-state index < -0.39 is 5.97 Å². The first-order chi connectivity index (χ1) is 9.13. The first-order valence-corrected chi connectivity index (χ1v) is 6.18. The van der Waals surface area contributed by atoms with E-state index in [0.29, 0.717) is 24.7 Å². The zero-order valence-electron chi connectivity index (χ0n) is 11.0. The summed E-state index contributed by atoms with van der Waals surface area (Å²) < 4.78 is 6.85. The summed E-state index contributed by atoms with van der Waals surface area (Å²) in [4.78, 5) is 15.7. The summed E-state index contributed by atoms with van der Waals surface area (Å²) >= 11 is 0. The predicted octanol–water partition coefficient (Wildman–Crippen LogP) is 1.87. The van der Waals surface area contributed by atoms with Gasteiger partial charge in [-0.05, 0) is 26.0 Å². The van der Waals surface area contributed by atoms with Crippen molar-refractivity contribution in [3.8, 4) is 0 Å². The van der Waals surface area contributed by atoms with E-state index in [1.165, 1.54) is 0 Å². The number of carbonyl (C=O) groups is 1. The van der Waals surface area contributed by atoms with Crippen LogP contribution in [0.4, 0.5) is 5.82 Å². The average Bonchev–Trinajstić information content (AvgIpc) is 2.74. The lowest BCUT2D eigenvalue weighted by atomic mass is 10.3. The maximum Gasteiger partial charge on any atom is 0.356 e. The first kappa shape index (κ1) is 13.4. The van der Waals surface area contributed by atoms with Gasteiger partial charge < -0.3 is 15.2 Å². The second-order valence-electron chi connectivity index (χ2n) is 4.25. The molecule has 0 aliphatic rings. The van der Waals surface area contributed by atoms with E-state index in [1.54, 1.807) is 22.7 Å². The van der Waals surface area contributed by atoms with Crippen molar-refractivity contribution in [2.75, 3.05) is 18.5 Å². The van der Waals surface area contributed by atoms with Crippen LogP contribution >= 0.6 is 0 Å². The number of nitrogens with one attached hydrogen (secondary N) is 1. The summed E-state index contributed by atoms with van der Waals surface area (Å²) in [5.74, 6) is -0.643. The highest BCUT2D eigenvalue weighted by molar-refractivity contribution is 5.93. The van der Waals surface area contributed by atoms with Crippen LogP contribution in [0, 0.1) is 0 Å². The number of carboxylic acids is 1. The highest BCUT2D eigenvalue weighted by Gasteiger charge is 2.19. The molecule has 2 N–H and O–H groups in total. The van der Waals surface area contributed by atoms with Crippen LogP contribution in [0.5, 0.6) is 0 Å². The van der Waals surface area contributed by atoms with Crippen LogP contribution in [0.15, 0.2) is 24.4 Å². The Kier molecular flexibility index (Phi) is 4.01. The molecule has 0 bridgehead atoms. The fraction of sp³-hybridized carbons (Fsp3) is 0.385. The zero-order chi connectivity index (χ0) is 13.8. The number of carboxylic acid groups (broad SMARTS) is 1. The maximum absolute atomic E-state index is 11.4. The molecule has 6 heteroatoms. The molecular formula is C13H17N3O3. The van der Waals surface area contributed by atoms with Gasteiger partial charge in [-0.25, -0.2) is 9.78 Å². The van der Waals surface area contributed by atoms with Gasteiger partial charge >= 0.3 is 5.97 Å². The molecule has 102 valence electrons. The van der Waals surface area contributed by atoms with Crippen LogP contribution in [-0.4, -0.2) is 39.7 Å². The minimum atomic E-state index is -1.01. The summed E-state index contributed by atoms with van der Waals surface area (Å²) in [6.07, 6.45) is 1.68. The number of aromatic carboxylic acids is 1. The molecule has 0 spiro atoms. The fourth-order valence-electron chi connectivity index (χ4n) is 1.87. The van der Waals surface area contributed by atoms with Crippen LogP contribution in [0.2, 0.25) is 0 Å². The van der Waals surface area contributed by atoms with Gasteiger partial charge in [0.05, 0.1) is 6.61 Å². The van der Waals surface area contributed by atoms with E-state index in [1.807, 2.05) is 19.9 Å². The fourth-order valence-corrected chi connectivity index (χ4v) is 1.87. The molecule has 0 radical (unpaired) electrons. The highest BCUT2D eigenvalue weighted by Crippen LogP contribution is 2.18. The molecule has 0 saturated heterocycles. The highest BCUT2D eigenvalue weighted by atomic mass is 16.5. The minimum absolute atomic E-state index is 0.0111. The normalized spacial score (nSPS) is 12.5. The van der Waals surface area contributed by atoms with Gasteiger partial charge in [0.15, 0.2) is 11.5 Å². The second-order valence-corrected chi connectivity index (χ2v) is 4.25. The van der Waals surface area contributed by atoms with Crippen LogP contribution in [0.25, 0.3) is 5.65 Å². The maximum atomic E-state index is 11.4. The van der Waals surface area contributed by atoms with Crippen molar-refractivity contribution in [3.05, 3.63) is 30.1 Å².